The summed E-state index contributed by atoms with van der Waals surface area (Å²) in [5, 5.41) is 0. The third-order valence-electron chi connectivity index (χ3n) is 10.7. The SMILES string of the molecule is CC/C=C\C/C=C\C/C=C\C/C=C\C/C=C\C/C=C\C/C=C\CCCCCC(=O)OCC(COP(=O)(O)OCC[N+](C)(C)C)OC(=O)CCCCC/C=C\C/C=C\C/C=C\C/C=C\C/C=C\C/C=C\C/C=C\CC. The van der Waals surface area contributed by atoms with Crippen LogP contribution in [0, 0.1) is 0 Å². The lowest BCUT2D eigenvalue weighted by atomic mass is 10.1. The maximum absolute atomic E-state index is 12.8. The Morgan fingerprint density at radius 3 is 1.05 bits per heavy atom. The number of phosphoric acid groups is 1. The van der Waals surface area contributed by atoms with Gasteiger partial charge in [0.05, 0.1) is 27.7 Å². The molecule has 0 bridgehead atoms. The van der Waals surface area contributed by atoms with Crippen molar-refractivity contribution < 1.29 is 42.1 Å². The standard InChI is InChI=1S/C64H100NO8P/c1-6-8-10-12-14-16-18-20-22-24-26-28-30-32-34-36-38-40-42-44-46-48-50-52-54-56-63(66)70-60-62(61-72-74(68,69)71-59-58-65(3,4)5)73-64(67)57-55-53-51-49-47-45-43-41-39-37-35-33-31-29-27-25-23-21-19-17-15-13-11-9-7-2/h8-11,14-17,20-23,26-29,32-35,38-41,44-47,62H,6-7,12-13,18-19,24-25,30-31,36-37,42-43,48-61H2,1-5H3/p+1/b10-8-,11-9-,16-14-,17-15-,22-20-,23-21-,28-26-,29-27-,34-32-,35-33-,40-38-,41-39-,46-44-,47-45-. The van der Waals surface area contributed by atoms with Gasteiger partial charge in [-0.2, -0.15) is 0 Å². The van der Waals surface area contributed by atoms with Crippen LogP contribution in [0.15, 0.2) is 170 Å². The summed E-state index contributed by atoms with van der Waals surface area (Å²) in [4.78, 5) is 35.7. The van der Waals surface area contributed by atoms with Gasteiger partial charge in [-0.15, -0.1) is 0 Å². The highest BCUT2D eigenvalue weighted by molar-refractivity contribution is 7.47. The van der Waals surface area contributed by atoms with Gasteiger partial charge in [0.25, 0.3) is 0 Å². The van der Waals surface area contributed by atoms with E-state index in [9.17, 15) is 19.0 Å². The average molecular weight is 1040 g/mol. The van der Waals surface area contributed by atoms with Gasteiger partial charge in [-0.1, -0.05) is 197 Å². The highest BCUT2D eigenvalue weighted by atomic mass is 31.2. The van der Waals surface area contributed by atoms with E-state index in [0.29, 0.717) is 23.9 Å². The number of unbranched alkanes of at least 4 members (excludes halogenated alkanes) is 6. The Morgan fingerprint density at radius 2 is 0.730 bits per heavy atom. The van der Waals surface area contributed by atoms with E-state index in [1.807, 2.05) is 21.1 Å². The molecule has 9 nitrogen and oxygen atoms in total. The van der Waals surface area contributed by atoms with Gasteiger partial charge >= 0.3 is 19.8 Å². The molecule has 0 radical (unpaired) electrons. The molecule has 0 amide bonds. The third kappa shape index (κ3) is 56.7. The number of quaternary nitrogens is 1. The number of hydrogen-bond acceptors (Lipinski definition) is 7. The smallest absolute Gasteiger partial charge is 0.462 e. The minimum atomic E-state index is -4.42. The number of hydrogen-bond donors (Lipinski definition) is 1. The summed E-state index contributed by atoms with van der Waals surface area (Å²) in [6.45, 7) is 4.08. The number of rotatable bonds is 48. The molecule has 0 heterocycles. The second-order valence-corrected chi connectivity index (χ2v) is 20.3. The van der Waals surface area contributed by atoms with Crippen LogP contribution < -0.4 is 0 Å². The number of carbonyl (C=O) groups is 2. The van der Waals surface area contributed by atoms with Gasteiger partial charge in [0.15, 0.2) is 6.10 Å². The minimum Gasteiger partial charge on any atom is -0.462 e. The normalized spacial score (nSPS) is 14.6. The zero-order chi connectivity index (χ0) is 54.2. The van der Waals surface area contributed by atoms with E-state index in [1.54, 1.807) is 0 Å². The largest absolute Gasteiger partial charge is 0.472 e. The molecule has 0 aliphatic rings. The van der Waals surface area contributed by atoms with Crippen LogP contribution >= 0.6 is 7.82 Å². The Morgan fingerprint density at radius 1 is 0.419 bits per heavy atom. The second-order valence-electron chi connectivity index (χ2n) is 18.8. The highest BCUT2D eigenvalue weighted by Crippen LogP contribution is 2.43. The van der Waals surface area contributed by atoms with Crippen molar-refractivity contribution in [2.75, 3.05) is 47.5 Å². The van der Waals surface area contributed by atoms with Gasteiger partial charge in [0, 0.05) is 12.8 Å². The van der Waals surface area contributed by atoms with Crippen LogP contribution in [0.3, 0.4) is 0 Å². The van der Waals surface area contributed by atoms with Crippen molar-refractivity contribution in [2.45, 2.75) is 174 Å². The molecule has 0 aromatic rings. The second kappa shape index (κ2) is 53.2. The molecule has 74 heavy (non-hydrogen) atoms. The van der Waals surface area contributed by atoms with E-state index in [1.165, 1.54) is 0 Å². The van der Waals surface area contributed by atoms with E-state index in [2.05, 4.69) is 184 Å². The van der Waals surface area contributed by atoms with Crippen molar-refractivity contribution in [1.29, 1.82) is 0 Å². The Labute approximate surface area is 451 Å². The van der Waals surface area contributed by atoms with Crippen molar-refractivity contribution in [2.24, 2.45) is 0 Å². The molecule has 2 unspecified atom stereocenters. The summed E-state index contributed by atoms with van der Waals surface area (Å²) in [6.07, 6.45) is 81.3. The van der Waals surface area contributed by atoms with Gasteiger partial charge in [0.2, 0.25) is 0 Å². The lowest BCUT2D eigenvalue weighted by Gasteiger charge is -2.24. The fraction of sp³-hybridized carbons (Fsp3) is 0.531. The zero-order valence-corrected chi connectivity index (χ0v) is 47.6. The lowest BCUT2D eigenvalue weighted by Crippen LogP contribution is -2.37. The number of phosphoric ester groups is 1. The van der Waals surface area contributed by atoms with E-state index < -0.39 is 32.5 Å². The number of allylic oxidation sites excluding steroid dienone is 28. The van der Waals surface area contributed by atoms with E-state index in [0.717, 1.165) is 128 Å². The topological polar surface area (TPSA) is 108 Å². The highest BCUT2D eigenvalue weighted by Gasteiger charge is 2.27. The van der Waals surface area contributed by atoms with Crippen molar-refractivity contribution in [3.05, 3.63) is 170 Å². The summed E-state index contributed by atoms with van der Waals surface area (Å²) in [5.41, 5.74) is 0. The van der Waals surface area contributed by atoms with Gasteiger partial charge in [-0.05, 0) is 128 Å². The van der Waals surface area contributed by atoms with Gasteiger partial charge < -0.3 is 18.9 Å². The van der Waals surface area contributed by atoms with Crippen LogP contribution in [-0.4, -0.2) is 74.9 Å². The van der Waals surface area contributed by atoms with Gasteiger partial charge in [-0.25, -0.2) is 4.57 Å². The predicted molar refractivity (Wildman–Crippen MR) is 316 cm³/mol. The molecule has 0 spiro atoms. The third-order valence-corrected chi connectivity index (χ3v) is 11.7. The molecule has 0 aliphatic carbocycles. The first-order valence-corrected chi connectivity index (χ1v) is 29.4. The predicted octanol–water partition coefficient (Wildman–Crippen LogP) is 17.5. The summed E-state index contributed by atoms with van der Waals surface area (Å²) >= 11 is 0. The Kier molecular flexibility index (Phi) is 49.9. The van der Waals surface area contributed by atoms with Crippen LogP contribution in [0.4, 0.5) is 0 Å². The maximum Gasteiger partial charge on any atom is 0.472 e. The molecule has 1 N–H and O–H groups in total. The van der Waals surface area contributed by atoms with Crippen LogP contribution in [0.5, 0.6) is 0 Å². The first-order valence-electron chi connectivity index (χ1n) is 27.9. The summed E-state index contributed by atoms with van der Waals surface area (Å²) in [5.74, 6) is -0.894. The number of carbonyl (C=O) groups excluding carboxylic acids is 2. The van der Waals surface area contributed by atoms with Gasteiger partial charge in [-0.3, -0.25) is 18.6 Å². The molecule has 0 fully saturated rings. The lowest BCUT2D eigenvalue weighted by molar-refractivity contribution is -0.870. The number of esters is 2. The molecule has 0 aromatic heterocycles. The Balaban J connectivity index is 4.41. The first kappa shape index (κ1) is 69.4. The van der Waals surface area contributed by atoms with Crippen molar-refractivity contribution in [1.82, 2.24) is 0 Å². The van der Waals surface area contributed by atoms with E-state index in [-0.39, 0.29) is 26.1 Å². The van der Waals surface area contributed by atoms with Crippen LogP contribution in [-0.2, 0) is 32.7 Å². The summed E-state index contributed by atoms with van der Waals surface area (Å²) in [7, 11) is 1.40. The van der Waals surface area contributed by atoms with Crippen molar-refractivity contribution >= 4 is 19.8 Å². The first-order chi connectivity index (χ1) is 36.0. The van der Waals surface area contributed by atoms with Crippen LogP contribution in [0.25, 0.3) is 0 Å². The fourth-order valence-corrected chi connectivity index (χ4v) is 7.24. The van der Waals surface area contributed by atoms with Crippen molar-refractivity contribution in [3.8, 4) is 0 Å². The summed E-state index contributed by atoms with van der Waals surface area (Å²) < 4.78 is 34.4. The molecule has 0 saturated carbocycles. The van der Waals surface area contributed by atoms with Crippen LogP contribution in [0.2, 0.25) is 0 Å². The molecule has 0 saturated heterocycles. The number of ether oxygens (including phenoxy) is 2. The molecule has 2 atom stereocenters. The Bertz CT molecular complexity index is 1850. The van der Waals surface area contributed by atoms with E-state index >= 15 is 0 Å². The minimum absolute atomic E-state index is 0.00762. The van der Waals surface area contributed by atoms with Gasteiger partial charge in [0.1, 0.15) is 19.8 Å². The quantitative estimate of drug-likeness (QED) is 0.0211. The number of nitrogens with zero attached hydrogens (tertiary/aromatic N) is 1. The molecule has 0 aromatic carbocycles. The van der Waals surface area contributed by atoms with E-state index in [4.69, 9.17) is 18.5 Å². The molecule has 414 valence electrons. The fourth-order valence-electron chi connectivity index (χ4n) is 6.50. The maximum atomic E-state index is 12.8. The zero-order valence-electron chi connectivity index (χ0n) is 46.7. The molecular weight excluding hydrogens is 942 g/mol. The average Bonchev–Trinajstić information content (AvgIpc) is 3.36. The Hall–Kier alpha value is -4.63. The molecular formula is C64H101NO8P+. The molecule has 0 aliphatic heterocycles. The van der Waals surface area contributed by atoms with Crippen molar-refractivity contribution in [3.63, 3.8) is 0 Å². The van der Waals surface area contributed by atoms with Crippen LogP contribution in [0.1, 0.15) is 168 Å². The summed E-state index contributed by atoms with van der Waals surface area (Å²) in [6, 6.07) is 0. The number of likely N-dealkylation sites (N-methyl/N-ethyl adjacent to an activating group) is 1. The monoisotopic (exact) mass is 1040 g/mol. The molecule has 0 rings (SSSR count). The molecule has 10 heteroatoms.